The first-order valence-electron chi connectivity index (χ1n) is 8.70. The van der Waals surface area contributed by atoms with Gasteiger partial charge in [-0.05, 0) is 31.0 Å². The van der Waals surface area contributed by atoms with E-state index in [1.165, 1.54) is 0 Å². The van der Waals surface area contributed by atoms with Crippen LogP contribution >= 0.6 is 0 Å². The van der Waals surface area contributed by atoms with Crippen molar-refractivity contribution in [2.45, 2.75) is 20.4 Å². The monoisotopic (exact) mass is 360 g/mol. The molecule has 3 heterocycles. The van der Waals surface area contributed by atoms with Crippen LogP contribution in [0, 0.1) is 13.8 Å². The summed E-state index contributed by atoms with van der Waals surface area (Å²) in [5, 5.41) is 12.7. The molecule has 0 aliphatic carbocycles. The lowest BCUT2D eigenvalue weighted by atomic mass is 10.0. The van der Waals surface area contributed by atoms with Crippen molar-refractivity contribution < 1.29 is 4.79 Å². The topological polar surface area (TPSA) is 77.6 Å². The Morgan fingerprint density at radius 2 is 1.85 bits per heavy atom. The number of rotatable bonds is 4. The number of carbonyl (C=O) groups is 1. The Hall–Kier alpha value is -3.48. The molecule has 0 spiro atoms. The number of anilines is 1. The Kier molecular flexibility index (Phi) is 4.19. The van der Waals surface area contributed by atoms with Crippen molar-refractivity contribution >= 4 is 22.6 Å². The van der Waals surface area contributed by atoms with Gasteiger partial charge in [-0.3, -0.25) is 9.48 Å². The predicted octanol–water partition coefficient (Wildman–Crippen LogP) is 3.09. The molecule has 0 unspecified atom stereocenters. The van der Waals surface area contributed by atoms with Crippen LogP contribution < -0.4 is 5.32 Å². The third-order valence-corrected chi connectivity index (χ3v) is 4.47. The summed E-state index contributed by atoms with van der Waals surface area (Å²) in [5.74, 6) is -0.164. The highest BCUT2D eigenvalue weighted by Gasteiger charge is 2.16. The molecule has 7 nitrogen and oxygen atoms in total. The summed E-state index contributed by atoms with van der Waals surface area (Å²) in [5.41, 5.74) is 5.19. The zero-order valence-electron chi connectivity index (χ0n) is 15.5. The molecule has 1 N–H and O–H groups in total. The van der Waals surface area contributed by atoms with E-state index in [1.807, 2.05) is 45.2 Å². The molecule has 27 heavy (non-hydrogen) atoms. The van der Waals surface area contributed by atoms with Crippen molar-refractivity contribution in [1.29, 1.82) is 0 Å². The van der Waals surface area contributed by atoms with Gasteiger partial charge in [-0.25, -0.2) is 9.67 Å². The molecule has 0 saturated carbocycles. The normalized spacial score (nSPS) is 11.1. The van der Waals surface area contributed by atoms with Crippen molar-refractivity contribution in [2.24, 2.45) is 7.05 Å². The molecule has 0 bridgehead atoms. The Morgan fingerprint density at radius 3 is 2.56 bits per heavy atom. The summed E-state index contributed by atoms with van der Waals surface area (Å²) in [4.78, 5) is 17.0. The van der Waals surface area contributed by atoms with Gasteiger partial charge in [0.2, 0.25) is 5.91 Å². The smallest absolute Gasteiger partial charge is 0.246 e. The molecule has 0 radical (unpaired) electrons. The van der Waals surface area contributed by atoms with E-state index in [1.54, 1.807) is 21.8 Å². The molecule has 7 heteroatoms. The Balaban J connectivity index is 1.67. The Morgan fingerprint density at radius 1 is 1.07 bits per heavy atom. The number of amides is 1. The first-order chi connectivity index (χ1) is 13.0. The molecule has 3 aromatic heterocycles. The second-order valence-electron chi connectivity index (χ2n) is 6.52. The van der Waals surface area contributed by atoms with Gasteiger partial charge in [-0.15, -0.1) is 0 Å². The van der Waals surface area contributed by atoms with Crippen molar-refractivity contribution in [3.8, 4) is 11.1 Å². The van der Waals surface area contributed by atoms with Gasteiger partial charge in [0.1, 0.15) is 6.54 Å². The minimum absolute atomic E-state index is 0.0872. The van der Waals surface area contributed by atoms with Crippen molar-refractivity contribution in [3.63, 3.8) is 0 Å². The molecule has 0 fully saturated rings. The van der Waals surface area contributed by atoms with E-state index in [0.717, 1.165) is 27.9 Å². The average molecular weight is 360 g/mol. The number of carbonyl (C=O) groups excluding carboxylic acids is 1. The third kappa shape index (κ3) is 3.19. The first-order valence-corrected chi connectivity index (χ1v) is 8.70. The van der Waals surface area contributed by atoms with Crippen LogP contribution in [0.3, 0.4) is 0 Å². The van der Waals surface area contributed by atoms with E-state index in [0.29, 0.717) is 11.3 Å². The SMILES string of the molecule is Cc1nn(C)cc1NC(=O)Cn1nc(C)c2c(-c3ccccc3)ccnc21. The largest absolute Gasteiger partial charge is 0.322 e. The lowest BCUT2D eigenvalue weighted by Gasteiger charge is -2.06. The van der Waals surface area contributed by atoms with Crippen LogP contribution in [-0.4, -0.2) is 30.5 Å². The molecule has 4 rings (SSSR count). The number of nitrogens with one attached hydrogen (secondary N) is 1. The molecule has 0 saturated heterocycles. The van der Waals surface area contributed by atoms with Crippen LogP contribution in [0.5, 0.6) is 0 Å². The maximum atomic E-state index is 12.5. The number of hydrogen-bond acceptors (Lipinski definition) is 4. The van der Waals surface area contributed by atoms with E-state index < -0.39 is 0 Å². The van der Waals surface area contributed by atoms with Crippen LogP contribution in [0.25, 0.3) is 22.2 Å². The summed E-state index contributed by atoms with van der Waals surface area (Å²) in [6, 6.07) is 12.1. The quantitative estimate of drug-likeness (QED) is 0.607. The van der Waals surface area contributed by atoms with Gasteiger partial charge in [0, 0.05) is 24.8 Å². The fourth-order valence-corrected chi connectivity index (χ4v) is 3.30. The van der Waals surface area contributed by atoms with Crippen LogP contribution in [-0.2, 0) is 18.4 Å². The number of hydrogen-bond donors (Lipinski definition) is 1. The lowest BCUT2D eigenvalue weighted by Crippen LogP contribution is -2.20. The standard InChI is InChI=1S/C20H20N6O/c1-13-17(11-25(3)23-13)22-18(27)12-26-20-19(14(2)24-26)16(9-10-21-20)15-7-5-4-6-8-15/h4-11H,12H2,1-3H3,(H,22,27). The highest BCUT2D eigenvalue weighted by Crippen LogP contribution is 2.29. The van der Waals surface area contributed by atoms with Gasteiger partial charge in [-0.1, -0.05) is 30.3 Å². The highest BCUT2D eigenvalue weighted by atomic mass is 16.2. The molecule has 1 aromatic carbocycles. The van der Waals surface area contributed by atoms with E-state index >= 15 is 0 Å². The van der Waals surface area contributed by atoms with E-state index in [-0.39, 0.29) is 12.5 Å². The van der Waals surface area contributed by atoms with Gasteiger partial charge >= 0.3 is 0 Å². The van der Waals surface area contributed by atoms with Gasteiger partial charge in [-0.2, -0.15) is 10.2 Å². The molecule has 0 aliphatic rings. The minimum atomic E-state index is -0.164. The van der Waals surface area contributed by atoms with Crippen molar-refractivity contribution in [3.05, 3.63) is 60.2 Å². The predicted molar refractivity (Wildman–Crippen MR) is 104 cm³/mol. The average Bonchev–Trinajstić information content (AvgIpc) is 3.14. The fraction of sp³-hybridized carbons (Fsp3) is 0.200. The van der Waals surface area contributed by atoms with Gasteiger partial charge < -0.3 is 5.32 Å². The number of benzene rings is 1. The molecule has 4 aromatic rings. The van der Waals surface area contributed by atoms with Crippen LogP contribution in [0.15, 0.2) is 48.8 Å². The van der Waals surface area contributed by atoms with Crippen LogP contribution in [0.1, 0.15) is 11.4 Å². The number of aromatic nitrogens is 5. The second-order valence-corrected chi connectivity index (χ2v) is 6.52. The first kappa shape index (κ1) is 17.0. The molecular weight excluding hydrogens is 340 g/mol. The van der Waals surface area contributed by atoms with Gasteiger partial charge in [0.15, 0.2) is 5.65 Å². The van der Waals surface area contributed by atoms with Crippen molar-refractivity contribution in [2.75, 3.05) is 5.32 Å². The molecule has 1 amide bonds. The van der Waals surface area contributed by atoms with Crippen LogP contribution in [0.2, 0.25) is 0 Å². The Labute approximate surface area is 156 Å². The number of aryl methyl sites for hydroxylation is 3. The Bertz CT molecular complexity index is 1130. The minimum Gasteiger partial charge on any atom is -0.322 e. The molecule has 0 atom stereocenters. The number of pyridine rings is 1. The molecule has 0 aliphatic heterocycles. The summed E-state index contributed by atoms with van der Waals surface area (Å²) in [6.45, 7) is 3.89. The highest BCUT2D eigenvalue weighted by molar-refractivity contribution is 5.96. The van der Waals surface area contributed by atoms with Crippen molar-refractivity contribution in [1.82, 2.24) is 24.5 Å². The zero-order chi connectivity index (χ0) is 19.0. The second kappa shape index (κ2) is 6.68. The molecule has 136 valence electrons. The third-order valence-electron chi connectivity index (χ3n) is 4.47. The summed E-state index contributed by atoms with van der Waals surface area (Å²) < 4.78 is 3.32. The van der Waals surface area contributed by atoms with E-state index in [9.17, 15) is 4.79 Å². The van der Waals surface area contributed by atoms with Gasteiger partial charge in [0.25, 0.3) is 0 Å². The van der Waals surface area contributed by atoms with E-state index in [2.05, 4.69) is 32.6 Å². The fourth-order valence-electron chi connectivity index (χ4n) is 3.30. The summed E-state index contributed by atoms with van der Waals surface area (Å²) >= 11 is 0. The van der Waals surface area contributed by atoms with Gasteiger partial charge in [0.05, 0.1) is 17.1 Å². The lowest BCUT2D eigenvalue weighted by molar-refractivity contribution is -0.116. The number of nitrogens with zero attached hydrogens (tertiary/aromatic N) is 5. The maximum absolute atomic E-state index is 12.5. The van der Waals surface area contributed by atoms with E-state index in [4.69, 9.17) is 0 Å². The zero-order valence-corrected chi connectivity index (χ0v) is 15.5. The summed E-state index contributed by atoms with van der Waals surface area (Å²) in [7, 11) is 1.82. The molecular formula is C20H20N6O. The number of fused-ring (bicyclic) bond motifs is 1. The van der Waals surface area contributed by atoms with Crippen LogP contribution in [0.4, 0.5) is 5.69 Å². The maximum Gasteiger partial charge on any atom is 0.246 e. The summed E-state index contributed by atoms with van der Waals surface area (Å²) in [6.07, 6.45) is 3.54.